The number of H-pyrrole nitrogens is 1. The summed E-state index contributed by atoms with van der Waals surface area (Å²) in [4.78, 5) is 23.2. The molecule has 1 aromatic heterocycles. The number of nitrogens with one attached hydrogen (secondary N) is 3. The van der Waals surface area contributed by atoms with Gasteiger partial charge in [0.2, 0.25) is 0 Å². The average molecular weight is 305 g/mol. The molecule has 0 saturated heterocycles. The highest BCUT2D eigenvalue weighted by Gasteiger charge is 2.09. The van der Waals surface area contributed by atoms with Crippen LogP contribution in [0.4, 0.5) is 0 Å². The number of nitrogens with zero attached hydrogens (tertiary/aromatic N) is 1. The zero-order chi connectivity index (χ0) is 15.2. The highest BCUT2D eigenvalue weighted by atomic mass is 35.5. The third kappa shape index (κ3) is 4.19. The Bertz CT molecular complexity index is 694. The summed E-state index contributed by atoms with van der Waals surface area (Å²) in [7, 11) is 0. The van der Waals surface area contributed by atoms with E-state index < -0.39 is 11.8 Å². The monoisotopic (exact) mass is 304 g/mol. The van der Waals surface area contributed by atoms with Gasteiger partial charge in [-0.1, -0.05) is 29.8 Å². The quantitative estimate of drug-likeness (QED) is 0.597. The lowest BCUT2D eigenvalue weighted by molar-refractivity contribution is -0.117. The van der Waals surface area contributed by atoms with Gasteiger partial charge in [0.05, 0.1) is 0 Å². The summed E-state index contributed by atoms with van der Waals surface area (Å²) in [6.45, 7) is 1.77. The lowest BCUT2D eigenvalue weighted by atomic mass is 10.2. The molecule has 1 aromatic carbocycles. The van der Waals surface area contributed by atoms with Crippen LogP contribution in [-0.2, 0) is 4.79 Å². The number of carbonyl (C=O) groups is 2. The topological polar surface area (TPSA) is 86.9 Å². The van der Waals surface area contributed by atoms with Crippen LogP contribution < -0.4 is 10.9 Å². The number of amides is 2. The van der Waals surface area contributed by atoms with Crippen LogP contribution in [0, 0.1) is 6.92 Å². The summed E-state index contributed by atoms with van der Waals surface area (Å²) < 4.78 is 0. The molecule has 2 amide bonds. The summed E-state index contributed by atoms with van der Waals surface area (Å²) in [6.07, 6.45) is 2.83. The first-order valence-corrected chi connectivity index (χ1v) is 6.49. The van der Waals surface area contributed by atoms with Crippen molar-refractivity contribution < 1.29 is 9.59 Å². The fraction of sp³-hybridized carbons (Fsp3) is 0.0714. The number of aromatic nitrogens is 2. The fourth-order valence-corrected chi connectivity index (χ4v) is 1.73. The van der Waals surface area contributed by atoms with E-state index in [1.54, 1.807) is 37.3 Å². The maximum absolute atomic E-state index is 11.6. The molecule has 0 aliphatic heterocycles. The Labute approximate surface area is 126 Å². The molecule has 0 fully saturated rings. The van der Waals surface area contributed by atoms with Gasteiger partial charge in [-0.25, -0.2) is 0 Å². The van der Waals surface area contributed by atoms with Gasteiger partial charge in [-0.2, -0.15) is 5.10 Å². The summed E-state index contributed by atoms with van der Waals surface area (Å²) in [6, 6.07) is 8.68. The number of hydrazine groups is 1. The SMILES string of the molecule is Cc1cc(C(=O)NNC(=O)/C=C/c2ccccc2Cl)n[nH]1. The molecule has 0 unspecified atom stereocenters. The lowest BCUT2D eigenvalue weighted by Crippen LogP contribution is -2.40. The van der Waals surface area contributed by atoms with Gasteiger partial charge in [0.1, 0.15) is 0 Å². The maximum Gasteiger partial charge on any atom is 0.290 e. The van der Waals surface area contributed by atoms with Crippen LogP contribution in [-0.4, -0.2) is 22.0 Å². The molecule has 0 saturated carbocycles. The van der Waals surface area contributed by atoms with E-state index in [9.17, 15) is 9.59 Å². The van der Waals surface area contributed by atoms with Crippen LogP contribution >= 0.6 is 11.6 Å². The zero-order valence-electron chi connectivity index (χ0n) is 11.2. The molecule has 0 aliphatic rings. The molecular formula is C14H13ClN4O2. The molecule has 0 bridgehead atoms. The van der Waals surface area contributed by atoms with Gasteiger partial charge in [0, 0.05) is 16.8 Å². The van der Waals surface area contributed by atoms with E-state index in [1.165, 1.54) is 6.08 Å². The van der Waals surface area contributed by atoms with Crippen molar-refractivity contribution >= 4 is 29.5 Å². The van der Waals surface area contributed by atoms with Crippen LogP contribution in [0.1, 0.15) is 21.7 Å². The highest BCUT2D eigenvalue weighted by molar-refractivity contribution is 6.32. The number of aryl methyl sites for hydroxylation is 1. The van der Waals surface area contributed by atoms with E-state index in [2.05, 4.69) is 21.0 Å². The van der Waals surface area contributed by atoms with E-state index in [0.717, 1.165) is 5.69 Å². The Morgan fingerprint density at radius 3 is 2.71 bits per heavy atom. The number of halogens is 1. The normalized spacial score (nSPS) is 10.6. The van der Waals surface area contributed by atoms with Crippen molar-refractivity contribution in [2.75, 3.05) is 0 Å². The predicted octanol–water partition coefficient (Wildman–Crippen LogP) is 1.85. The van der Waals surface area contributed by atoms with Gasteiger partial charge in [0.15, 0.2) is 5.69 Å². The highest BCUT2D eigenvalue weighted by Crippen LogP contribution is 2.15. The molecule has 6 nitrogen and oxygen atoms in total. The van der Waals surface area contributed by atoms with E-state index in [-0.39, 0.29) is 5.69 Å². The van der Waals surface area contributed by atoms with Gasteiger partial charge in [-0.15, -0.1) is 0 Å². The van der Waals surface area contributed by atoms with Gasteiger partial charge in [0.25, 0.3) is 11.8 Å². The first kappa shape index (κ1) is 14.8. The second kappa shape index (κ2) is 6.71. The molecular weight excluding hydrogens is 292 g/mol. The fourth-order valence-electron chi connectivity index (χ4n) is 1.53. The van der Waals surface area contributed by atoms with Gasteiger partial charge < -0.3 is 0 Å². The van der Waals surface area contributed by atoms with Gasteiger partial charge in [-0.05, 0) is 30.7 Å². The van der Waals surface area contributed by atoms with Crippen LogP contribution in [0.5, 0.6) is 0 Å². The van der Waals surface area contributed by atoms with Crippen LogP contribution in [0.25, 0.3) is 6.08 Å². The molecule has 21 heavy (non-hydrogen) atoms. The number of benzene rings is 1. The molecule has 0 radical (unpaired) electrons. The van der Waals surface area contributed by atoms with E-state index in [1.807, 2.05) is 6.07 Å². The molecule has 0 aliphatic carbocycles. The number of carbonyl (C=O) groups excluding carboxylic acids is 2. The Morgan fingerprint density at radius 1 is 1.29 bits per heavy atom. The number of aromatic amines is 1. The van der Waals surface area contributed by atoms with Crippen molar-refractivity contribution in [2.24, 2.45) is 0 Å². The molecule has 108 valence electrons. The predicted molar refractivity (Wildman–Crippen MR) is 79.4 cm³/mol. The van der Waals surface area contributed by atoms with Gasteiger partial charge in [-0.3, -0.25) is 25.5 Å². The van der Waals surface area contributed by atoms with Crippen molar-refractivity contribution in [3.8, 4) is 0 Å². The largest absolute Gasteiger partial charge is 0.290 e. The Kier molecular flexibility index (Phi) is 4.73. The van der Waals surface area contributed by atoms with Crippen molar-refractivity contribution in [3.05, 3.63) is 58.4 Å². The maximum atomic E-state index is 11.6. The van der Waals surface area contributed by atoms with E-state index >= 15 is 0 Å². The third-order valence-electron chi connectivity index (χ3n) is 2.56. The average Bonchev–Trinajstić information content (AvgIpc) is 2.90. The standard InChI is InChI=1S/C14H13ClN4O2/c1-9-8-12(17-16-9)14(21)19-18-13(20)7-6-10-4-2-3-5-11(10)15/h2-8H,1H3,(H,16,17)(H,18,20)(H,19,21)/b7-6+. The second-order valence-corrected chi connectivity index (χ2v) is 4.64. The summed E-state index contributed by atoms with van der Waals surface area (Å²) in [5, 5.41) is 6.95. The molecule has 2 rings (SSSR count). The van der Waals surface area contributed by atoms with Crippen molar-refractivity contribution in [2.45, 2.75) is 6.92 Å². The molecule has 2 aromatic rings. The summed E-state index contributed by atoms with van der Waals surface area (Å²) in [5.74, 6) is -0.977. The van der Waals surface area contributed by atoms with Crippen molar-refractivity contribution in [1.82, 2.24) is 21.0 Å². The molecule has 0 spiro atoms. The second-order valence-electron chi connectivity index (χ2n) is 4.23. The smallest absolute Gasteiger partial charge is 0.282 e. The lowest BCUT2D eigenvalue weighted by Gasteiger charge is -2.02. The number of hydrogen-bond acceptors (Lipinski definition) is 3. The minimum absolute atomic E-state index is 0.197. The summed E-state index contributed by atoms with van der Waals surface area (Å²) >= 11 is 5.95. The number of hydrogen-bond donors (Lipinski definition) is 3. The number of rotatable bonds is 3. The van der Waals surface area contributed by atoms with Gasteiger partial charge >= 0.3 is 0 Å². The Balaban J connectivity index is 1.88. The van der Waals surface area contributed by atoms with E-state index in [0.29, 0.717) is 10.6 Å². The minimum Gasteiger partial charge on any atom is -0.282 e. The molecule has 1 heterocycles. The first-order valence-electron chi connectivity index (χ1n) is 6.11. The van der Waals surface area contributed by atoms with Crippen LogP contribution in [0.15, 0.2) is 36.4 Å². The first-order chi connectivity index (χ1) is 10.1. The minimum atomic E-state index is -0.501. The third-order valence-corrected chi connectivity index (χ3v) is 2.90. The Hall–Kier alpha value is -2.60. The zero-order valence-corrected chi connectivity index (χ0v) is 11.9. The van der Waals surface area contributed by atoms with Crippen LogP contribution in [0.2, 0.25) is 5.02 Å². The van der Waals surface area contributed by atoms with E-state index in [4.69, 9.17) is 11.6 Å². The van der Waals surface area contributed by atoms with Crippen LogP contribution in [0.3, 0.4) is 0 Å². The Morgan fingerprint density at radius 2 is 2.05 bits per heavy atom. The molecule has 0 atom stereocenters. The summed E-state index contributed by atoms with van der Waals surface area (Å²) in [5.41, 5.74) is 6.18. The molecule has 3 N–H and O–H groups in total. The molecule has 7 heteroatoms. The van der Waals surface area contributed by atoms with Crippen molar-refractivity contribution in [1.29, 1.82) is 0 Å². The van der Waals surface area contributed by atoms with Crippen molar-refractivity contribution in [3.63, 3.8) is 0 Å².